The minimum absolute atomic E-state index is 0.260. The van der Waals surface area contributed by atoms with Gasteiger partial charge in [0.05, 0.1) is 17.9 Å². The van der Waals surface area contributed by atoms with Crippen molar-refractivity contribution in [2.45, 2.75) is 12.5 Å². The molecule has 3 rings (SSSR count). The normalized spacial score (nSPS) is 17.4. The van der Waals surface area contributed by atoms with Crippen LogP contribution in [0.15, 0.2) is 43.0 Å². The van der Waals surface area contributed by atoms with Crippen molar-refractivity contribution in [3.05, 3.63) is 59.7 Å². The van der Waals surface area contributed by atoms with Gasteiger partial charge in [0.25, 0.3) is 0 Å². The van der Waals surface area contributed by atoms with E-state index < -0.39 is 5.97 Å². The Morgan fingerprint density at radius 3 is 3.06 bits per heavy atom. The molecule has 18 heavy (non-hydrogen) atoms. The van der Waals surface area contributed by atoms with Crippen LogP contribution in [0.5, 0.6) is 0 Å². The van der Waals surface area contributed by atoms with Crippen molar-refractivity contribution in [1.29, 1.82) is 0 Å². The molecular formula is C14H12N2O2. The molecule has 0 amide bonds. The van der Waals surface area contributed by atoms with Gasteiger partial charge < -0.3 is 9.67 Å². The van der Waals surface area contributed by atoms with Crippen LogP contribution in [-0.2, 0) is 6.42 Å². The van der Waals surface area contributed by atoms with Gasteiger partial charge in [0.2, 0.25) is 0 Å². The predicted molar refractivity (Wildman–Crippen MR) is 67.4 cm³/mol. The zero-order valence-electron chi connectivity index (χ0n) is 9.65. The molecule has 1 aliphatic carbocycles. The smallest absolute Gasteiger partial charge is 0.335 e. The van der Waals surface area contributed by atoms with Gasteiger partial charge >= 0.3 is 5.97 Å². The second-order valence-electron chi connectivity index (χ2n) is 4.36. The maximum Gasteiger partial charge on any atom is 0.335 e. The lowest BCUT2D eigenvalue weighted by Crippen LogP contribution is -2.12. The highest BCUT2D eigenvalue weighted by Gasteiger charge is 2.16. The van der Waals surface area contributed by atoms with E-state index in [4.69, 9.17) is 5.11 Å². The molecular weight excluding hydrogens is 228 g/mol. The Morgan fingerprint density at radius 1 is 1.44 bits per heavy atom. The average molecular weight is 240 g/mol. The summed E-state index contributed by atoms with van der Waals surface area (Å²) >= 11 is 0. The van der Waals surface area contributed by atoms with Crippen molar-refractivity contribution in [3.8, 4) is 0 Å². The number of carbonyl (C=O) groups is 1. The lowest BCUT2D eigenvalue weighted by Gasteiger charge is -2.20. The molecule has 4 heteroatoms. The minimum atomic E-state index is -0.886. The van der Waals surface area contributed by atoms with Crippen LogP contribution in [0.25, 0.3) is 6.08 Å². The van der Waals surface area contributed by atoms with Crippen molar-refractivity contribution in [3.63, 3.8) is 0 Å². The maximum atomic E-state index is 10.9. The fourth-order valence-corrected chi connectivity index (χ4v) is 2.25. The highest BCUT2D eigenvalue weighted by Crippen LogP contribution is 2.26. The van der Waals surface area contributed by atoms with Crippen LogP contribution in [-0.4, -0.2) is 20.6 Å². The lowest BCUT2D eigenvalue weighted by atomic mass is 9.92. The summed E-state index contributed by atoms with van der Waals surface area (Å²) in [4.78, 5) is 14.9. The number of imidazole rings is 1. The number of benzene rings is 1. The molecule has 0 saturated carbocycles. The highest BCUT2D eigenvalue weighted by atomic mass is 16.4. The van der Waals surface area contributed by atoms with Gasteiger partial charge in [0.1, 0.15) is 0 Å². The van der Waals surface area contributed by atoms with Crippen LogP contribution in [0, 0.1) is 0 Å². The van der Waals surface area contributed by atoms with E-state index in [-0.39, 0.29) is 6.04 Å². The monoisotopic (exact) mass is 240 g/mol. The van der Waals surface area contributed by atoms with Crippen LogP contribution < -0.4 is 0 Å². The second kappa shape index (κ2) is 4.14. The first kappa shape index (κ1) is 10.8. The maximum absolute atomic E-state index is 10.9. The molecule has 1 aromatic heterocycles. The van der Waals surface area contributed by atoms with E-state index in [1.165, 1.54) is 5.56 Å². The van der Waals surface area contributed by atoms with Crippen molar-refractivity contribution < 1.29 is 9.90 Å². The Labute approximate surface area is 104 Å². The molecule has 1 heterocycles. The summed E-state index contributed by atoms with van der Waals surface area (Å²) in [5, 5.41) is 8.95. The summed E-state index contributed by atoms with van der Waals surface area (Å²) in [7, 11) is 0. The molecule has 1 aromatic carbocycles. The van der Waals surface area contributed by atoms with Crippen LogP contribution in [0.2, 0.25) is 0 Å². The topological polar surface area (TPSA) is 55.1 Å². The molecule has 0 spiro atoms. The first-order valence-corrected chi connectivity index (χ1v) is 5.76. The van der Waals surface area contributed by atoms with Crippen LogP contribution in [0.3, 0.4) is 0 Å². The average Bonchev–Trinajstić information content (AvgIpc) is 2.91. The fraction of sp³-hybridized carbons (Fsp3) is 0.143. The van der Waals surface area contributed by atoms with Gasteiger partial charge in [-0.05, 0) is 29.7 Å². The van der Waals surface area contributed by atoms with E-state index in [1.807, 2.05) is 22.9 Å². The van der Waals surface area contributed by atoms with Crippen LogP contribution >= 0.6 is 0 Å². The molecule has 0 radical (unpaired) electrons. The molecule has 0 bridgehead atoms. The van der Waals surface area contributed by atoms with Crippen molar-refractivity contribution >= 4 is 12.0 Å². The Balaban J connectivity index is 1.93. The van der Waals surface area contributed by atoms with Gasteiger partial charge in [-0.1, -0.05) is 18.2 Å². The first-order chi connectivity index (χ1) is 8.74. The molecule has 1 atom stereocenters. The zero-order valence-corrected chi connectivity index (χ0v) is 9.65. The molecule has 4 nitrogen and oxygen atoms in total. The van der Waals surface area contributed by atoms with Gasteiger partial charge in [-0.25, -0.2) is 9.78 Å². The molecule has 1 N–H and O–H groups in total. The van der Waals surface area contributed by atoms with E-state index in [2.05, 4.69) is 11.1 Å². The number of nitrogens with zero attached hydrogens (tertiary/aromatic N) is 2. The van der Waals surface area contributed by atoms with Crippen molar-refractivity contribution in [2.75, 3.05) is 0 Å². The largest absolute Gasteiger partial charge is 0.478 e. The summed E-state index contributed by atoms with van der Waals surface area (Å²) < 4.78 is 2.05. The first-order valence-electron chi connectivity index (χ1n) is 5.76. The molecule has 90 valence electrons. The summed E-state index contributed by atoms with van der Waals surface area (Å²) in [6.45, 7) is 0. The Hall–Kier alpha value is -2.36. The van der Waals surface area contributed by atoms with E-state index in [1.54, 1.807) is 24.7 Å². The zero-order chi connectivity index (χ0) is 12.5. The van der Waals surface area contributed by atoms with Crippen molar-refractivity contribution in [1.82, 2.24) is 9.55 Å². The third-order valence-electron chi connectivity index (χ3n) is 3.23. The number of aromatic nitrogens is 2. The summed E-state index contributed by atoms with van der Waals surface area (Å²) in [6.07, 6.45) is 10.4. The van der Waals surface area contributed by atoms with Crippen LogP contribution in [0.4, 0.5) is 0 Å². The molecule has 0 aliphatic heterocycles. The number of fused-ring (bicyclic) bond motifs is 1. The Kier molecular flexibility index (Phi) is 2.48. The Bertz CT molecular complexity index is 615. The van der Waals surface area contributed by atoms with E-state index in [0.717, 1.165) is 12.0 Å². The highest BCUT2D eigenvalue weighted by molar-refractivity contribution is 5.88. The molecule has 1 unspecified atom stereocenters. The second-order valence-corrected chi connectivity index (χ2v) is 4.36. The fourth-order valence-electron chi connectivity index (χ4n) is 2.25. The summed E-state index contributed by atoms with van der Waals surface area (Å²) in [6, 6.07) is 5.53. The van der Waals surface area contributed by atoms with Gasteiger partial charge in [0, 0.05) is 12.4 Å². The quantitative estimate of drug-likeness (QED) is 0.876. The number of hydrogen-bond acceptors (Lipinski definition) is 2. The van der Waals surface area contributed by atoms with E-state index in [9.17, 15) is 4.79 Å². The number of carboxylic acids is 1. The standard InChI is InChI=1S/C14H12N2O2/c17-14(18)12-2-1-11-8-13(4-3-10(11)7-12)16-6-5-15-9-16/h1-7,9,13H,8H2,(H,17,18). The van der Waals surface area contributed by atoms with Gasteiger partial charge in [0.15, 0.2) is 0 Å². The lowest BCUT2D eigenvalue weighted by molar-refractivity contribution is 0.0697. The number of hydrogen-bond donors (Lipinski definition) is 1. The molecule has 1 aliphatic rings. The predicted octanol–water partition coefficient (Wildman–Crippen LogP) is 2.39. The number of rotatable bonds is 2. The van der Waals surface area contributed by atoms with E-state index in [0.29, 0.717) is 5.56 Å². The minimum Gasteiger partial charge on any atom is -0.478 e. The molecule has 2 aromatic rings. The van der Waals surface area contributed by atoms with Crippen molar-refractivity contribution in [2.24, 2.45) is 0 Å². The van der Waals surface area contributed by atoms with Crippen LogP contribution in [0.1, 0.15) is 27.5 Å². The number of aromatic carboxylic acids is 1. The number of allylic oxidation sites excluding steroid dienone is 1. The van der Waals surface area contributed by atoms with E-state index >= 15 is 0 Å². The van der Waals surface area contributed by atoms with Gasteiger partial charge in [-0.15, -0.1) is 0 Å². The molecule has 0 fully saturated rings. The SMILES string of the molecule is O=C(O)c1ccc2c(c1)C=CC(n1ccnc1)C2. The third kappa shape index (κ3) is 1.82. The summed E-state index contributed by atoms with van der Waals surface area (Å²) in [5.41, 5.74) is 2.49. The Morgan fingerprint density at radius 2 is 2.33 bits per heavy atom. The van der Waals surface area contributed by atoms with Gasteiger partial charge in [-0.3, -0.25) is 0 Å². The third-order valence-corrected chi connectivity index (χ3v) is 3.23. The summed E-state index contributed by atoms with van der Waals surface area (Å²) in [5.74, 6) is -0.886. The van der Waals surface area contributed by atoms with Gasteiger partial charge in [-0.2, -0.15) is 0 Å². The molecule has 0 saturated heterocycles. The number of carboxylic acid groups (broad SMARTS) is 1.